The lowest BCUT2D eigenvalue weighted by atomic mass is 10.2. The lowest BCUT2D eigenvalue weighted by Crippen LogP contribution is -2.12. The van der Waals surface area contributed by atoms with Crippen molar-refractivity contribution in [2.45, 2.75) is 11.8 Å². The summed E-state index contributed by atoms with van der Waals surface area (Å²) in [6.07, 6.45) is 1.97. The number of amides is 1. The zero-order chi connectivity index (χ0) is 15.2. The minimum atomic E-state index is -0.193. The molecular weight excluding hydrogens is 306 g/mol. The lowest BCUT2D eigenvalue weighted by Gasteiger charge is -2.10. The summed E-state index contributed by atoms with van der Waals surface area (Å²) in [5.41, 5.74) is 1.29. The van der Waals surface area contributed by atoms with Gasteiger partial charge in [0.15, 0.2) is 0 Å². The van der Waals surface area contributed by atoms with Crippen LogP contribution in [0.5, 0.6) is 5.75 Å². The van der Waals surface area contributed by atoms with Gasteiger partial charge in [0.25, 0.3) is 5.91 Å². The van der Waals surface area contributed by atoms with E-state index in [1.165, 1.54) is 0 Å². The molecule has 0 saturated carbocycles. The Labute approximate surface area is 133 Å². The van der Waals surface area contributed by atoms with Gasteiger partial charge in [0.2, 0.25) is 0 Å². The van der Waals surface area contributed by atoms with Gasteiger partial charge in [-0.25, -0.2) is 0 Å². The van der Waals surface area contributed by atoms with Gasteiger partial charge in [-0.05, 0) is 43.5 Å². The summed E-state index contributed by atoms with van der Waals surface area (Å²) in [5.74, 6) is 0.390. The maximum Gasteiger partial charge on any atom is 0.255 e. The van der Waals surface area contributed by atoms with Crippen LogP contribution in [0.3, 0.4) is 0 Å². The summed E-state index contributed by atoms with van der Waals surface area (Å²) >= 11 is 7.69. The van der Waals surface area contributed by atoms with E-state index >= 15 is 0 Å². The summed E-state index contributed by atoms with van der Waals surface area (Å²) < 4.78 is 5.36. The standard InChI is InChI=1S/C16H16ClNO2S/c1-3-20-14-9-8-11(10-12(14)17)16(19)18-13-6-4-5-7-15(13)21-2/h4-10H,3H2,1-2H3,(H,18,19). The first-order valence-corrected chi connectivity index (χ1v) is 8.12. The number of para-hydroxylation sites is 1. The number of ether oxygens (including phenoxy) is 1. The van der Waals surface area contributed by atoms with Crippen LogP contribution < -0.4 is 10.1 Å². The van der Waals surface area contributed by atoms with E-state index in [9.17, 15) is 4.79 Å². The first-order valence-electron chi connectivity index (χ1n) is 6.52. The van der Waals surface area contributed by atoms with Gasteiger partial charge in [0, 0.05) is 10.5 Å². The Morgan fingerprint density at radius 1 is 1.29 bits per heavy atom. The number of nitrogens with one attached hydrogen (secondary N) is 1. The molecule has 21 heavy (non-hydrogen) atoms. The molecular formula is C16H16ClNO2S. The van der Waals surface area contributed by atoms with Crippen molar-refractivity contribution in [3.63, 3.8) is 0 Å². The van der Waals surface area contributed by atoms with Gasteiger partial charge in [-0.1, -0.05) is 23.7 Å². The minimum absolute atomic E-state index is 0.193. The number of carbonyl (C=O) groups excluding carboxylic acids is 1. The normalized spacial score (nSPS) is 10.2. The fourth-order valence-corrected chi connectivity index (χ4v) is 2.65. The molecule has 0 spiro atoms. The second kappa shape index (κ2) is 7.38. The van der Waals surface area contributed by atoms with Gasteiger partial charge in [0.1, 0.15) is 5.75 Å². The molecule has 0 aliphatic rings. The molecule has 2 aromatic rings. The summed E-state index contributed by atoms with van der Waals surface area (Å²) in [5, 5.41) is 3.33. The average molecular weight is 322 g/mol. The molecule has 0 aromatic heterocycles. The van der Waals surface area contributed by atoms with Gasteiger partial charge in [-0.3, -0.25) is 4.79 Å². The van der Waals surface area contributed by atoms with Crippen molar-refractivity contribution in [2.24, 2.45) is 0 Å². The van der Waals surface area contributed by atoms with E-state index in [4.69, 9.17) is 16.3 Å². The summed E-state index contributed by atoms with van der Waals surface area (Å²) in [6, 6.07) is 12.7. The highest BCUT2D eigenvalue weighted by atomic mass is 35.5. The van der Waals surface area contributed by atoms with Crippen LogP contribution in [0.25, 0.3) is 0 Å². The maximum atomic E-state index is 12.3. The van der Waals surface area contributed by atoms with Crippen molar-refractivity contribution < 1.29 is 9.53 Å². The number of hydrogen-bond donors (Lipinski definition) is 1. The van der Waals surface area contributed by atoms with Crippen LogP contribution in [-0.4, -0.2) is 18.8 Å². The zero-order valence-electron chi connectivity index (χ0n) is 11.9. The summed E-state index contributed by atoms with van der Waals surface area (Å²) in [6.45, 7) is 2.42. The number of thioether (sulfide) groups is 1. The predicted molar refractivity (Wildman–Crippen MR) is 88.8 cm³/mol. The minimum Gasteiger partial charge on any atom is -0.492 e. The van der Waals surface area contributed by atoms with Crippen molar-refractivity contribution >= 4 is 35.0 Å². The molecule has 0 aliphatic heterocycles. The van der Waals surface area contributed by atoms with Crippen LogP contribution >= 0.6 is 23.4 Å². The van der Waals surface area contributed by atoms with E-state index in [2.05, 4.69) is 5.32 Å². The second-order valence-corrected chi connectivity index (χ2v) is 5.49. The smallest absolute Gasteiger partial charge is 0.255 e. The van der Waals surface area contributed by atoms with Gasteiger partial charge >= 0.3 is 0 Å². The molecule has 0 heterocycles. The highest BCUT2D eigenvalue weighted by molar-refractivity contribution is 7.98. The fourth-order valence-electron chi connectivity index (χ4n) is 1.86. The number of anilines is 1. The number of hydrogen-bond acceptors (Lipinski definition) is 3. The highest BCUT2D eigenvalue weighted by Gasteiger charge is 2.11. The lowest BCUT2D eigenvalue weighted by molar-refractivity contribution is 0.102. The Balaban J connectivity index is 2.19. The molecule has 0 fully saturated rings. The predicted octanol–water partition coefficient (Wildman–Crippen LogP) is 4.71. The summed E-state index contributed by atoms with van der Waals surface area (Å²) in [4.78, 5) is 13.3. The Morgan fingerprint density at radius 2 is 2.05 bits per heavy atom. The van der Waals surface area contributed by atoms with E-state index in [0.29, 0.717) is 22.9 Å². The van der Waals surface area contributed by atoms with Crippen LogP contribution in [0, 0.1) is 0 Å². The first-order chi connectivity index (χ1) is 10.2. The van der Waals surface area contributed by atoms with Crippen molar-refractivity contribution in [3.05, 3.63) is 53.1 Å². The van der Waals surface area contributed by atoms with Crippen molar-refractivity contribution in [3.8, 4) is 5.75 Å². The first kappa shape index (κ1) is 15.7. The Kier molecular flexibility index (Phi) is 5.53. The molecule has 1 N–H and O–H groups in total. The van der Waals surface area contributed by atoms with E-state index < -0.39 is 0 Å². The highest BCUT2D eigenvalue weighted by Crippen LogP contribution is 2.27. The Morgan fingerprint density at radius 3 is 2.71 bits per heavy atom. The van der Waals surface area contributed by atoms with E-state index in [0.717, 1.165) is 10.6 Å². The van der Waals surface area contributed by atoms with Gasteiger partial charge in [-0.15, -0.1) is 11.8 Å². The molecule has 0 unspecified atom stereocenters. The third kappa shape index (κ3) is 3.93. The molecule has 3 nitrogen and oxygen atoms in total. The second-order valence-electron chi connectivity index (χ2n) is 4.23. The van der Waals surface area contributed by atoms with Crippen molar-refractivity contribution in [1.82, 2.24) is 0 Å². The Hall–Kier alpha value is -1.65. The van der Waals surface area contributed by atoms with Gasteiger partial charge in [-0.2, -0.15) is 0 Å². The van der Waals surface area contributed by atoms with Crippen LogP contribution in [0.4, 0.5) is 5.69 Å². The van der Waals surface area contributed by atoms with Crippen LogP contribution in [-0.2, 0) is 0 Å². The summed E-state index contributed by atoms with van der Waals surface area (Å²) in [7, 11) is 0. The third-order valence-corrected chi connectivity index (χ3v) is 3.94. The molecule has 2 aromatic carbocycles. The van der Waals surface area contributed by atoms with Crippen molar-refractivity contribution in [2.75, 3.05) is 18.2 Å². The molecule has 0 saturated heterocycles. The van der Waals surface area contributed by atoms with Crippen molar-refractivity contribution in [1.29, 1.82) is 0 Å². The molecule has 0 bridgehead atoms. The molecule has 110 valence electrons. The maximum absolute atomic E-state index is 12.3. The topological polar surface area (TPSA) is 38.3 Å². The Bertz CT molecular complexity index is 646. The van der Waals surface area contributed by atoms with Gasteiger partial charge < -0.3 is 10.1 Å². The molecule has 0 atom stereocenters. The average Bonchev–Trinajstić information content (AvgIpc) is 2.50. The molecule has 2 rings (SSSR count). The number of rotatable bonds is 5. The zero-order valence-corrected chi connectivity index (χ0v) is 13.4. The SMILES string of the molecule is CCOc1ccc(C(=O)Nc2ccccc2SC)cc1Cl. The van der Waals surface area contributed by atoms with E-state index in [1.807, 2.05) is 37.4 Å². The van der Waals surface area contributed by atoms with Crippen LogP contribution in [0.1, 0.15) is 17.3 Å². The third-order valence-electron chi connectivity index (χ3n) is 2.85. The number of benzene rings is 2. The monoisotopic (exact) mass is 321 g/mol. The number of carbonyl (C=O) groups is 1. The molecule has 0 aliphatic carbocycles. The largest absolute Gasteiger partial charge is 0.492 e. The fraction of sp³-hybridized carbons (Fsp3) is 0.188. The van der Waals surface area contributed by atoms with Crippen LogP contribution in [0.15, 0.2) is 47.4 Å². The van der Waals surface area contributed by atoms with E-state index in [1.54, 1.807) is 30.0 Å². The number of halogens is 1. The molecule has 0 radical (unpaired) electrons. The van der Waals surface area contributed by atoms with Gasteiger partial charge in [0.05, 0.1) is 17.3 Å². The van der Waals surface area contributed by atoms with E-state index in [-0.39, 0.29) is 5.91 Å². The van der Waals surface area contributed by atoms with Crippen LogP contribution in [0.2, 0.25) is 5.02 Å². The quantitative estimate of drug-likeness (QED) is 0.810. The molecule has 1 amide bonds. The molecule has 5 heteroatoms.